The second-order valence-corrected chi connectivity index (χ2v) is 4.36. The van der Waals surface area contributed by atoms with Crippen LogP contribution in [0.3, 0.4) is 0 Å². The quantitative estimate of drug-likeness (QED) is 0.671. The summed E-state index contributed by atoms with van der Waals surface area (Å²) >= 11 is 0. The number of hydrogen-bond acceptors (Lipinski definition) is 2. The Morgan fingerprint density at radius 3 is 2.00 bits per heavy atom. The number of hydrogen-bond donors (Lipinski definition) is 2. The highest BCUT2D eigenvalue weighted by Gasteiger charge is 2.47. The summed E-state index contributed by atoms with van der Waals surface area (Å²) in [5.41, 5.74) is 0. The standard InChI is InChI=1S/C10H17NO2/c1-11-9(10(12)13)8(6-2-3-6)7-4-5-7/h6-9,11H,2-5H2,1H3,(H,12,13). The molecule has 3 heteroatoms. The van der Waals surface area contributed by atoms with E-state index in [4.69, 9.17) is 5.11 Å². The zero-order valence-corrected chi connectivity index (χ0v) is 7.99. The number of carboxylic acid groups (broad SMARTS) is 1. The molecule has 0 aromatic heterocycles. The monoisotopic (exact) mass is 183 g/mol. The Morgan fingerprint density at radius 1 is 1.31 bits per heavy atom. The molecule has 2 fully saturated rings. The highest BCUT2D eigenvalue weighted by atomic mass is 16.4. The molecule has 13 heavy (non-hydrogen) atoms. The van der Waals surface area contributed by atoms with Crippen molar-refractivity contribution in [3.63, 3.8) is 0 Å². The Morgan fingerprint density at radius 2 is 1.77 bits per heavy atom. The summed E-state index contributed by atoms with van der Waals surface area (Å²) in [6, 6.07) is -0.306. The summed E-state index contributed by atoms with van der Waals surface area (Å²) in [5, 5.41) is 12.0. The molecule has 74 valence electrons. The van der Waals surface area contributed by atoms with E-state index >= 15 is 0 Å². The van der Waals surface area contributed by atoms with E-state index in [2.05, 4.69) is 5.32 Å². The third-order valence-corrected chi connectivity index (χ3v) is 3.29. The third-order valence-electron chi connectivity index (χ3n) is 3.29. The summed E-state index contributed by atoms with van der Waals surface area (Å²) in [4.78, 5) is 11.0. The van der Waals surface area contributed by atoms with Crippen molar-refractivity contribution in [2.75, 3.05) is 7.05 Å². The molecule has 0 aromatic rings. The van der Waals surface area contributed by atoms with Crippen LogP contribution in [0.5, 0.6) is 0 Å². The predicted molar refractivity (Wildman–Crippen MR) is 49.4 cm³/mol. The Balaban J connectivity index is 2.02. The Labute approximate surface area is 78.5 Å². The van der Waals surface area contributed by atoms with Gasteiger partial charge in [0.2, 0.25) is 0 Å². The molecule has 0 radical (unpaired) electrons. The number of carboxylic acids is 1. The van der Waals surface area contributed by atoms with E-state index in [0.29, 0.717) is 17.8 Å². The highest BCUT2D eigenvalue weighted by molar-refractivity contribution is 5.74. The lowest BCUT2D eigenvalue weighted by Gasteiger charge is -2.22. The van der Waals surface area contributed by atoms with Gasteiger partial charge < -0.3 is 10.4 Å². The van der Waals surface area contributed by atoms with Gasteiger partial charge in [0.1, 0.15) is 6.04 Å². The molecule has 3 nitrogen and oxygen atoms in total. The lowest BCUT2D eigenvalue weighted by Crippen LogP contribution is -2.42. The van der Waals surface area contributed by atoms with Crippen LogP contribution >= 0.6 is 0 Å². The molecule has 1 atom stereocenters. The number of likely N-dealkylation sites (N-methyl/N-ethyl adjacent to an activating group) is 1. The Bertz CT molecular complexity index is 197. The van der Waals surface area contributed by atoms with E-state index in [1.54, 1.807) is 7.05 Å². The van der Waals surface area contributed by atoms with E-state index in [9.17, 15) is 4.79 Å². The van der Waals surface area contributed by atoms with Gasteiger partial charge in [0.25, 0.3) is 0 Å². The predicted octanol–water partition coefficient (Wildman–Crippen LogP) is 1.10. The van der Waals surface area contributed by atoms with Gasteiger partial charge in [-0.3, -0.25) is 4.79 Å². The summed E-state index contributed by atoms with van der Waals surface area (Å²) in [7, 11) is 1.76. The number of nitrogens with one attached hydrogen (secondary N) is 1. The first-order chi connectivity index (χ1) is 6.24. The number of rotatable bonds is 5. The smallest absolute Gasteiger partial charge is 0.320 e. The van der Waals surface area contributed by atoms with Gasteiger partial charge in [-0.05, 0) is 50.5 Å². The molecule has 0 saturated heterocycles. The second-order valence-electron chi connectivity index (χ2n) is 4.36. The van der Waals surface area contributed by atoms with Gasteiger partial charge in [-0.2, -0.15) is 0 Å². The van der Waals surface area contributed by atoms with Crippen LogP contribution in [-0.4, -0.2) is 24.2 Å². The fourth-order valence-corrected chi connectivity index (χ4v) is 2.37. The second kappa shape index (κ2) is 3.29. The van der Waals surface area contributed by atoms with Crippen LogP contribution in [-0.2, 0) is 4.79 Å². The van der Waals surface area contributed by atoms with E-state index in [1.807, 2.05) is 0 Å². The number of carbonyl (C=O) groups is 1. The average molecular weight is 183 g/mol. The molecule has 0 bridgehead atoms. The molecule has 2 aliphatic rings. The van der Waals surface area contributed by atoms with Crippen molar-refractivity contribution in [2.24, 2.45) is 17.8 Å². The van der Waals surface area contributed by atoms with Crippen molar-refractivity contribution in [3.8, 4) is 0 Å². The van der Waals surface area contributed by atoms with Crippen LogP contribution in [0.2, 0.25) is 0 Å². The first-order valence-corrected chi connectivity index (χ1v) is 5.14. The maximum atomic E-state index is 11.0. The molecular weight excluding hydrogens is 166 g/mol. The largest absolute Gasteiger partial charge is 0.480 e. The molecule has 2 aliphatic carbocycles. The van der Waals surface area contributed by atoms with Gasteiger partial charge >= 0.3 is 5.97 Å². The first kappa shape index (κ1) is 9.00. The summed E-state index contributed by atoms with van der Waals surface area (Å²) in [6.45, 7) is 0. The molecular formula is C10H17NO2. The van der Waals surface area contributed by atoms with E-state index in [0.717, 1.165) is 0 Å². The molecule has 2 saturated carbocycles. The molecule has 0 heterocycles. The van der Waals surface area contributed by atoms with Crippen LogP contribution in [0, 0.1) is 17.8 Å². The summed E-state index contributed by atoms with van der Waals surface area (Å²) in [5.74, 6) is 1.12. The van der Waals surface area contributed by atoms with Gasteiger partial charge in [0.05, 0.1) is 0 Å². The van der Waals surface area contributed by atoms with Gasteiger partial charge in [-0.15, -0.1) is 0 Å². The highest BCUT2D eigenvalue weighted by Crippen LogP contribution is 2.50. The minimum absolute atomic E-state index is 0.306. The molecule has 0 aromatic carbocycles. The molecule has 2 N–H and O–H groups in total. The average Bonchev–Trinajstić information content (AvgIpc) is 2.93. The molecule has 0 amide bonds. The maximum Gasteiger partial charge on any atom is 0.320 e. The van der Waals surface area contributed by atoms with Crippen molar-refractivity contribution >= 4 is 5.97 Å². The van der Waals surface area contributed by atoms with Crippen molar-refractivity contribution < 1.29 is 9.90 Å². The van der Waals surface area contributed by atoms with Gasteiger partial charge in [0, 0.05) is 0 Å². The van der Waals surface area contributed by atoms with Crippen LogP contribution < -0.4 is 5.32 Å². The maximum absolute atomic E-state index is 11.0. The van der Waals surface area contributed by atoms with Gasteiger partial charge in [-0.1, -0.05) is 0 Å². The van der Waals surface area contributed by atoms with Crippen molar-refractivity contribution in [2.45, 2.75) is 31.7 Å². The van der Waals surface area contributed by atoms with Crippen LogP contribution in [0.25, 0.3) is 0 Å². The van der Waals surface area contributed by atoms with Crippen molar-refractivity contribution in [3.05, 3.63) is 0 Å². The molecule has 1 unspecified atom stereocenters. The molecule has 0 spiro atoms. The number of aliphatic carboxylic acids is 1. The summed E-state index contributed by atoms with van der Waals surface area (Å²) in [6.07, 6.45) is 4.97. The van der Waals surface area contributed by atoms with E-state index < -0.39 is 5.97 Å². The minimum atomic E-state index is -0.675. The zero-order valence-electron chi connectivity index (χ0n) is 7.99. The summed E-state index contributed by atoms with van der Waals surface area (Å²) < 4.78 is 0. The fraction of sp³-hybridized carbons (Fsp3) is 0.900. The topological polar surface area (TPSA) is 49.3 Å². The molecule has 0 aliphatic heterocycles. The fourth-order valence-electron chi connectivity index (χ4n) is 2.37. The first-order valence-electron chi connectivity index (χ1n) is 5.14. The third kappa shape index (κ3) is 1.85. The normalized spacial score (nSPS) is 24.8. The van der Waals surface area contributed by atoms with Crippen LogP contribution in [0.4, 0.5) is 0 Å². The van der Waals surface area contributed by atoms with Gasteiger partial charge in [-0.25, -0.2) is 0 Å². The van der Waals surface area contributed by atoms with Crippen LogP contribution in [0.1, 0.15) is 25.7 Å². The van der Waals surface area contributed by atoms with E-state index in [1.165, 1.54) is 25.7 Å². The van der Waals surface area contributed by atoms with Crippen molar-refractivity contribution in [1.29, 1.82) is 0 Å². The minimum Gasteiger partial charge on any atom is -0.480 e. The Kier molecular flexibility index (Phi) is 2.28. The lowest BCUT2D eigenvalue weighted by molar-refractivity contribution is -0.141. The zero-order chi connectivity index (χ0) is 9.42. The van der Waals surface area contributed by atoms with Crippen LogP contribution in [0.15, 0.2) is 0 Å². The van der Waals surface area contributed by atoms with E-state index in [-0.39, 0.29) is 6.04 Å². The Hall–Kier alpha value is -0.570. The van der Waals surface area contributed by atoms with Gasteiger partial charge in [0.15, 0.2) is 0 Å². The molecule has 2 rings (SSSR count). The SMILES string of the molecule is CNC(C(=O)O)C(C1CC1)C1CC1. The van der Waals surface area contributed by atoms with Crippen molar-refractivity contribution in [1.82, 2.24) is 5.32 Å². The lowest BCUT2D eigenvalue weighted by atomic mass is 9.89.